The van der Waals surface area contributed by atoms with Gasteiger partial charge in [-0.25, -0.2) is 0 Å². The van der Waals surface area contributed by atoms with Crippen LogP contribution in [-0.2, 0) is 4.79 Å². The third-order valence-electron chi connectivity index (χ3n) is 0.287. The minimum Gasteiger partial charge on any atom is -0.302 e. The van der Waals surface area contributed by atoms with Gasteiger partial charge in [-0.2, -0.15) is 0 Å². The van der Waals surface area contributed by atoms with E-state index in [0.29, 0.717) is 10.2 Å². The molecule has 0 saturated heterocycles. The zero-order valence-electron chi connectivity index (χ0n) is 3.19. The van der Waals surface area contributed by atoms with Gasteiger partial charge < -0.3 is 4.79 Å². The van der Waals surface area contributed by atoms with E-state index in [1.165, 1.54) is 6.08 Å². The van der Waals surface area contributed by atoms with Crippen LogP contribution in [0.1, 0.15) is 0 Å². The summed E-state index contributed by atoms with van der Waals surface area (Å²) in [6, 6.07) is 0. The molecule has 0 bridgehead atoms. The number of carbonyl (C=O) groups excluding carboxylic acids is 1. The molecule has 0 unspecified atom stereocenters. The normalized spacial score (nSPS) is 7.20. The molecule has 0 rings (SSSR count). The Kier molecular flexibility index (Phi) is 1.76. The molecule has 0 spiro atoms. The predicted molar refractivity (Wildman–Crippen MR) is 25.1 cm³/mol. The van der Waals surface area contributed by atoms with E-state index in [1.54, 1.807) is 0 Å². The second kappa shape index (κ2) is 1.90. The molecule has 0 atom stereocenters. The summed E-state index contributed by atoms with van der Waals surface area (Å²) in [7, 11) is 0.613. The standard InChI is InChI=1S/C3H6OSi/c1-2-3(4)5/h2H,1H2,5H3. The van der Waals surface area contributed by atoms with E-state index < -0.39 is 0 Å². The van der Waals surface area contributed by atoms with Crippen molar-refractivity contribution in [3.05, 3.63) is 12.7 Å². The summed E-state index contributed by atoms with van der Waals surface area (Å²) in [5.74, 6) is 0. The quantitative estimate of drug-likeness (QED) is 0.297. The average Bonchev–Trinajstić information content (AvgIpc) is 1.38. The summed E-state index contributed by atoms with van der Waals surface area (Å²) in [6.45, 7) is 3.25. The van der Waals surface area contributed by atoms with Gasteiger partial charge in [-0.05, 0) is 6.08 Å². The highest BCUT2D eigenvalue weighted by Crippen LogP contribution is 1.53. The predicted octanol–water partition coefficient (Wildman–Crippen LogP) is -0.936. The van der Waals surface area contributed by atoms with Crippen LogP contribution in [0.5, 0.6) is 0 Å². The smallest absolute Gasteiger partial charge is 0.121 e. The van der Waals surface area contributed by atoms with Gasteiger partial charge in [-0.3, -0.25) is 0 Å². The molecular formula is C3H6OSi. The third kappa shape index (κ3) is 3.63. The molecule has 0 heterocycles. The molecule has 1 nitrogen and oxygen atoms in total. The fourth-order valence-electron chi connectivity index (χ4n) is 0. The molecule has 0 amide bonds. The van der Waals surface area contributed by atoms with Gasteiger partial charge in [0.25, 0.3) is 0 Å². The Morgan fingerprint density at radius 2 is 2.20 bits per heavy atom. The van der Waals surface area contributed by atoms with Crippen LogP contribution in [0.4, 0.5) is 0 Å². The van der Waals surface area contributed by atoms with Crippen molar-refractivity contribution in [2.75, 3.05) is 0 Å². The summed E-state index contributed by atoms with van der Waals surface area (Å²) in [6.07, 6.45) is 1.34. The molecule has 0 N–H and O–H groups in total. The van der Waals surface area contributed by atoms with E-state index >= 15 is 0 Å². The first-order valence-corrected chi connectivity index (χ1v) is 2.40. The van der Waals surface area contributed by atoms with Crippen LogP contribution in [0.25, 0.3) is 0 Å². The van der Waals surface area contributed by atoms with Gasteiger partial charge in [-0.1, -0.05) is 6.58 Å². The Balaban J connectivity index is 3.20. The second-order valence-electron chi connectivity index (χ2n) is 0.815. The summed E-state index contributed by atoms with van der Waals surface area (Å²) in [5.41, 5.74) is 0. The van der Waals surface area contributed by atoms with Gasteiger partial charge in [0.2, 0.25) is 0 Å². The highest BCUT2D eigenvalue weighted by Gasteiger charge is 1.69. The van der Waals surface area contributed by atoms with Crippen LogP contribution in [0.15, 0.2) is 12.7 Å². The summed E-state index contributed by atoms with van der Waals surface area (Å²) in [4.78, 5) is 9.76. The number of allylic oxidation sites excluding steroid dienone is 1. The van der Waals surface area contributed by atoms with Gasteiger partial charge in [0, 0.05) is 0 Å². The SMILES string of the molecule is C=CC(=O)[SiH3]. The van der Waals surface area contributed by atoms with Gasteiger partial charge in [0.05, 0.1) is 10.2 Å². The van der Waals surface area contributed by atoms with E-state index in [1.807, 2.05) is 0 Å². The molecule has 28 valence electrons. The van der Waals surface area contributed by atoms with E-state index in [-0.39, 0.29) is 5.41 Å². The fraction of sp³-hybridized carbons (Fsp3) is 0. The van der Waals surface area contributed by atoms with Crippen LogP contribution >= 0.6 is 0 Å². The lowest BCUT2D eigenvalue weighted by molar-refractivity contribution is -0.107. The number of hydrogen-bond donors (Lipinski definition) is 0. The van der Waals surface area contributed by atoms with E-state index in [4.69, 9.17) is 0 Å². The van der Waals surface area contributed by atoms with Crippen molar-refractivity contribution >= 4 is 15.6 Å². The molecule has 2 heteroatoms. The van der Waals surface area contributed by atoms with Crippen LogP contribution in [0.3, 0.4) is 0 Å². The number of carbonyl (C=O) groups is 1. The van der Waals surface area contributed by atoms with Gasteiger partial charge in [0.1, 0.15) is 5.41 Å². The maximum Gasteiger partial charge on any atom is 0.121 e. The van der Waals surface area contributed by atoms with Crippen molar-refractivity contribution in [3.8, 4) is 0 Å². The minimum atomic E-state index is 0.157. The molecule has 0 aromatic heterocycles. The zero-order chi connectivity index (χ0) is 4.28. The maximum absolute atomic E-state index is 9.76. The first-order valence-electron chi connectivity index (χ1n) is 1.40. The first kappa shape index (κ1) is 4.63. The summed E-state index contributed by atoms with van der Waals surface area (Å²) < 4.78 is 0. The summed E-state index contributed by atoms with van der Waals surface area (Å²) >= 11 is 0. The minimum absolute atomic E-state index is 0.157. The Bertz CT molecular complexity index is 57.9. The molecule has 0 saturated carbocycles. The largest absolute Gasteiger partial charge is 0.302 e. The average molecular weight is 86.2 g/mol. The molecule has 0 fully saturated rings. The van der Waals surface area contributed by atoms with E-state index in [9.17, 15) is 4.79 Å². The first-order chi connectivity index (χ1) is 2.27. The van der Waals surface area contributed by atoms with Crippen LogP contribution < -0.4 is 0 Å². The fourth-order valence-corrected chi connectivity index (χ4v) is 0. The van der Waals surface area contributed by atoms with Gasteiger partial charge in [-0.15, -0.1) is 0 Å². The van der Waals surface area contributed by atoms with Crippen LogP contribution in [-0.4, -0.2) is 15.6 Å². The van der Waals surface area contributed by atoms with E-state index in [0.717, 1.165) is 0 Å². The molecule has 0 aliphatic carbocycles. The van der Waals surface area contributed by atoms with Crippen molar-refractivity contribution in [2.45, 2.75) is 0 Å². The van der Waals surface area contributed by atoms with Crippen molar-refractivity contribution < 1.29 is 4.79 Å². The van der Waals surface area contributed by atoms with Crippen molar-refractivity contribution in [1.82, 2.24) is 0 Å². The topological polar surface area (TPSA) is 17.1 Å². The Hall–Kier alpha value is -0.373. The lowest BCUT2D eigenvalue weighted by Crippen LogP contribution is -1.84. The maximum atomic E-state index is 9.76. The molecule has 0 aliphatic rings. The molecule has 0 radical (unpaired) electrons. The van der Waals surface area contributed by atoms with E-state index in [2.05, 4.69) is 6.58 Å². The van der Waals surface area contributed by atoms with Gasteiger partial charge in [0.15, 0.2) is 0 Å². The van der Waals surface area contributed by atoms with Crippen molar-refractivity contribution in [2.24, 2.45) is 0 Å². The second-order valence-corrected chi connectivity index (χ2v) is 1.80. The van der Waals surface area contributed by atoms with Crippen LogP contribution in [0.2, 0.25) is 0 Å². The monoisotopic (exact) mass is 86.0 g/mol. The highest BCUT2D eigenvalue weighted by molar-refractivity contribution is 6.60. The lowest BCUT2D eigenvalue weighted by Gasteiger charge is -1.63. The molecule has 0 aliphatic heterocycles. The lowest BCUT2D eigenvalue weighted by atomic mass is 10.7. The Labute approximate surface area is 34.1 Å². The Morgan fingerprint density at radius 3 is 2.20 bits per heavy atom. The summed E-state index contributed by atoms with van der Waals surface area (Å²) in [5, 5.41) is 0.157. The highest BCUT2D eigenvalue weighted by atomic mass is 28.1. The number of hydrogen-bond acceptors (Lipinski definition) is 1. The molecular weight excluding hydrogens is 80.1 g/mol. The molecule has 5 heavy (non-hydrogen) atoms. The Morgan fingerprint density at radius 1 is 2.00 bits per heavy atom. The van der Waals surface area contributed by atoms with Crippen LogP contribution in [0, 0.1) is 0 Å². The zero-order valence-corrected chi connectivity index (χ0v) is 5.19. The van der Waals surface area contributed by atoms with Crippen molar-refractivity contribution in [3.63, 3.8) is 0 Å². The van der Waals surface area contributed by atoms with Crippen molar-refractivity contribution in [1.29, 1.82) is 0 Å². The number of rotatable bonds is 1. The third-order valence-corrected chi connectivity index (χ3v) is 0.696. The van der Waals surface area contributed by atoms with Gasteiger partial charge >= 0.3 is 0 Å². The molecule has 0 aromatic carbocycles. The molecule has 0 aromatic rings.